The minimum Gasteiger partial charge on any atom is -0.478 e. The second-order valence-corrected chi connectivity index (χ2v) is 1.89. The van der Waals surface area contributed by atoms with Crippen LogP contribution in [-0.4, -0.2) is 27.1 Å². The third-order valence-electron chi connectivity index (χ3n) is 0.864. The average Bonchev–Trinajstić information content (AvgIpc) is 2.57. The first-order chi connectivity index (χ1) is 6.13. The van der Waals surface area contributed by atoms with E-state index in [4.69, 9.17) is 10.2 Å². The van der Waals surface area contributed by atoms with Crippen molar-refractivity contribution >= 4 is 11.9 Å². The Morgan fingerprint density at radius 3 is 1.50 bits per heavy atom. The maximum Gasteiger partial charge on any atom is 0.328 e. The molecule has 1 aromatic heterocycles. The van der Waals surface area contributed by atoms with E-state index in [0.717, 1.165) is 0 Å². The molecule has 0 amide bonds. The van der Waals surface area contributed by atoms with Gasteiger partial charge in [0.1, 0.15) is 0 Å². The third-order valence-corrected chi connectivity index (χ3v) is 0.864. The summed E-state index contributed by atoms with van der Waals surface area (Å²) in [7, 11) is 0. The van der Waals surface area contributed by atoms with Gasteiger partial charge in [0.2, 0.25) is 0 Å². The van der Waals surface area contributed by atoms with Crippen molar-refractivity contribution in [3.63, 3.8) is 0 Å². The fourth-order valence-electron chi connectivity index (χ4n) is 0.420. The van der Waals surface area contributed by atoms with Gasteiger partial charge < -0.3 is 15.2 Å². The number of aromatic nitrogens is 1. The van der Waals surface area contributed by atoms with E-state index in [2.05, 4.69) is 4.98 Å². The van der Waals surface area contributed by atoms with Gasteiger partial charge in [-0.1, -0.05) is 0 Å². The number of carboxylic acid groups (broad SMARTS) is 2. The number of aromatic amines is 1. The molecule has 0 aliphatic rings. The van der Waals surface area contributed by atoms with Gasteiger partial charge in [0, 0.05) is 24.5 Å². The van der Waals surface area contributed by atoms with Crippen molar-refractivity contribution in [2.45, 2.75) is 0 Å². The van der Waals surface area contributed by atoms with E-state index in [-0.39, 0.29) is 4.70 Å². The average molecular weight is 203 g/mol. The minimum atomic E-state index is -1.26. The van der Waals surface area contributed by atoms with E-state index < -0.39 is 11.9 Å². The molecule has 0 saturated carbocycles. The molecule has 0 bridgehead atoms. The van der Waals surface area contributed by atoms with Gasteiger partial charge in [-0.15, -0.1) is 0 Å². The highest BCUT2D eigenvalue weighted by atomic mass is 19.0. The summed E-state index contributed by atoms with van der Waals surface area (Å²) < 4.78 is 0. The lowest BCUT2D eigenvalue weighted by atomic mass is 10.5. The second kappa shape index (κ2) is 8.98. The molecule has 0 saturated heterocycles. The predicted molar refractivity (Wildman–Crippen MR) is 47.7 cm³/mol. The van der Waals surface area contributed by atoms with Gasteiger partial charge in [0.25, 0.3) is 0 Å². The fourth-order valence-corrected chi connectivity index (χ4v) is 0.420. The van der Waals surface area contributed by atoms with Crippen molar-refractivity contribution in [1.29, 1.82) is 0 Å². The van der Waals surface area contributed by atoms with Crippen LogP contribution >= 0.6 is 0 Å². The second-order valence-electron chi connectivity index (χ2n) is 1.89. The van der Waals surface area contributed by atoms with Gasteiger partial charge in [-0.25, -0.2) is 9.59 Å². The molecule has 0 unspecified atom stereocenters. The summed E-state index contributed by atoms with van der Waals surface area (Å²) in [5.74, 6) is -2.51. The largest absolute Gasteiger partial charge is 0.478 e. The van der Waals surface area contributed by atoms with E-state index in [9.17, 15) is 9.59 Å². The molecule has 1 rings (SSSR count). The van der Waals surface area contributed by atoms with Crippen molar-refractivity contribution in [2.75, 3.05) is 0 Å². The van der Waals surface area contributed by atoms with E-state index >= 15 is 0 Å². The Labute approximate surface area is 79.1 Å². The highest BCUT2D eigenvalue weighted by molar-refractivity contribution is 5.89. The van der Waals surface area contributed by atoms with E-state index in [1.807, 2.05) is 24.5 Å². The number of nitrogens with one attached hydrogen (secondary N) is 1. The molecule has 78 valence electrons. The molecular weight excluding hydrogens is 193 g/mol. The van der Waals surface area contributed by atoms with E-state index in [1.165, 1.54) is 0 Å². The van der Waals surface area contributed by atoms with Crippen molar-refractivity contribution in [2.24, 2.45) is 0 Å². The lowest BCUT2D eigenvalue weighted by molar-refractivity contribution is -0.134. The molecule has 0 aromatic carbocycles. The quantitative estimate of drug-likeness (QED) is 0.622. The molecule has 0 radical (unpaired) electrons. The Balaban J connectivity index is 0. The normalized spacial score (nSPS) is 8.29. The van der Waals surface area contributed by atoms with Crippen LogP contribution in [0.2, 0.25) is 0 Å². The summed E-state index contributed by atoms with van der Waals surface area (Å²) in [5.41, 5.74) is 0. The van der Waals surface area contributed by atoms with Crippen LogP contribution in [0.5, 0.6) is 0 Å². The number of hydrogen-bond donors (Lipinski definition) is 3. The first kappa shape index (κ1) is 14.4. The number of carbonyl (C=O) groups is 2. The van der Waals surface area contributed by atoms with Gasteiger partial charge in [-0.3, -0.25) is 4.70 Å². The van der Waals surface area contributed by atoms with Crippen LogP contribution in [0.15, 0.2) is 36.7 Å². The highest BCUT2D eigenvalue weighted by Gasteiger charge is 1.88. The molecule has 0 aliphatic heterocycles. The number of rotatable bonds is 2. The van der Waals surface area contributed by atoms with Crippen LogP contribution < -0.4 is 0 Å². The summed E-state index contributed by atoms with van der Waals surface area (Å²) in [5, 5.41) is 15.6. The molecule has 0 atom stereocenters. The maximum atomic E-state index is 9.55. The Hall–Kier alpha value is -2.11. The molecular formula is C8H10FNO4. The zero-order chi connectivity index (χ0) is 10.1. The molecule has 0 aliphatic carbocycles. The number of H-pyrrole nitrogens is 1. The minimum absolute atomic E-state index is 0. The summed E-state index contributed by atoms with van der Waals surface area (Å²) in [6, 6.07) is 3.89. The number of hydrogen-bond acceptors (Lipinski definition) is 2. The van der Waals surface area contributed by atoms with Crippen LogP contribution in [0, 0.1) is 0 Å². The van der Waals surface area contributed by atoms with Crippen LogP contribution in [-0.2, 0) is 9.59 Å². The lowest BCUT2D eigenvalue weighted by Crippen LogP contribution is -1.91. The van der Waals surface area contributed by atoms with Crippen molar-refractivity contribution in [1.82, 2.24) is 4.98 Å². The first-order valence-electron chi connectivity index (χ1n) is 3.34. The van der Waals surface area contributed by atoms with Crippen LogP contribution in [0.4, 0.5) is 4.70 Å². The topological polar surface area (TPSA) is 90.4 Å². The Bertz CT molecular complexity index is 248. The van der Waals surface area contributed by atoms with Gasteiger partial charge in [-0.2, -0.15) is 0 Å². The maximum absolute atomic E-state index is 9.55. The zero-order valence-electron chi connectivity index (χ0n) is 7.08. The molecule has 5 nitrogen and oxygen atoms in total. The zero-order valence-corrected chi connectivity index (χ0v) is 7.08. The number of carboxylic acids is 2. The summed E-state index contributed by atoms with van der Waals surface area (Å²) >= 11 is 0. The molecule has 3 N–H and O–H groups in total. The molecule has 14 heavy (non-hydrogen) atoms. The Morgan fingerprint density at radius 1 is 1.00 bits per heavy atom. The molecule has 1 heterocycles. The van der Waals surface area contributed by atoms with Gasteiger partial charge in [0.05, 0.1) is 0 Å². The third kappa shape index (κ3) is 12.6. The standard InChI is InChI=1S/C4H5N.C4H4O4.FH/c1-2-4-5-3-1;5-3(6)1-2-4(7)8;/h1-5H;1-2H,(H,5,6)(H,7,8);1H/b;2-1-;. The molecule has 6 heteroatoms. The predicted octanol–water partition coefficient (Wildman–Crippen LogP) is 0.879. The Kier molecular flexibility index (Phi) is 9.25. The van der Waals surface area contributed by atoms with Crippen LogP contribution in [0.25, 0.3) is 0 Å². The molecule has 1 aromatic rings. The summed E-state index contributed by atoms with van der Waals surface area (Å²) in [6.45, 7) is 0. The SMILES string of the molecule is F.O=C(O)/C=C\C(=O)O.c1cc[nH]c1. The fraction of sp³-hybridized carbons (Fsp3) is 0. The van der Waals surface area contributed by atoms with Gasteiger partial charge in [-0.05, 0) is 12.1 Å². The van der Waals surface area contributed by atoms with Crippen LogP contribution in [0.1, 0.15) is 0 Å². The summed E-state index contributed by atoms with van der Waals surface area (Å²) in [6.07, 6.45) is 4.87. The number of aliphatic carboxylic acids is 2. The van der Waals surface area contributed by atoms with Crippen LogP contribution in [0.3, 0.4) is 0 Å². The van der Waals surface area contributed by atoms with Gasteiger partial charge in [0.15, 0.2) is 0 Å². The van der Waals surface area contributed by atoms with Gasteiger partial charge >= 0.3 is 11.9 Å². The van der Waals surface area contributed by atoms with E-state index in [0.29, 0.717) is 12.2 Å². The Morgan fingerprint density at radius 2 is 1.36 bits per heavy atom. The molecule has 0 fully saturated rings. The summed E-state index contributed by atoms with van der Waals surface area (Å²) in [4.78, 5) is 22.0. The monoisotopic (exact) mass is 203 g/mol. The van der Waals surface area contributed by atoms with Crippen molar-refractivity contribution in [3.05, 3.63) is 36.7 Å². The smallest absolute Gasteiger partial charge is 0.328 e. The first-order valence-corrected chi connectivity index (χ1v) is 3.34. The van der Waals surface area contributed by atoms with E-state index in [1.54, 1.807) is 0 Å². The molecule has 0 spiro atoms. The van der Waals surface area contributed by atoms with Crippen molar-refractivity contribution < 1.29 is 24.5 Å². The highest BCUT2D eigenvalue weighted by Crippen LogP contribution is 1.72. The lowest BCUT2D eigenvalue weighted by Gasteiger charge is -1.74. The van der Waals surface area contributed by atoms with Crippen molar-refractivity contribution in [3.8, 4) is 0 Å². The number of halogens is 1.